The molecule has 4 nitrogen and oxygen atoms in total. The summed E-state index contributed by atoms with van der Waals surface area (Å²) in [6, 6.07) is 4.31. The maximum atomic E-state index is 11.7. The molecule has 0 radical (unpaired) electrons. The van der Waals surface area contributed by atoms with E-state index < -0.39 is 17.6 Å². The number of benzene rings is 1. The molecule has 0 saturated heterocycles. The van der Waals surface area contributed by atoms with Crippen LogP contribution in [-0.4, -0.2) is 17.6 Å². The van der Waals surface area contributed by atoms with E-state index >= 15 is 0 Å². The average Bonchev–Trinajstić information content (AvgIpc) is 2.12. The lowest BCUT2D eigenvalue weighted by Gasteiger charge is -2.19. The van der Waals surface area contributed by atoms with Gasteiger partial charge in [-0.15, -0.1) is 0 Å². The fourth-order valence-electron chi connectivity index (χ4n) is 1.15. The topological polar surface area (TPSA) is 55.4 Å². The molecule has 1 aromatic rings. The van der Waals surface area contributed by atoms with Crippen LogP contribution in [0.25, 0.3) is 0 Å². The summed E-state index contributed by atoms with van der Waals surface area (Å²) >= 11 is 11.5. The molecule has 0 spiro atoms. The molecule has 98 valence electrons. The summed E-state index contributed by atoms with van der Waals surface area (Å²) in [5, 5.41) is 2.72. The minimum atomic E-state index is -0.816. The van der Waals surface area contributed by atoms with Gasteiger partial charge in [0, 0.05) is 15.6 Å². The first-order valence-corrected chi connectivity index (χ1v) is 5.93. The first-order valence-electron chi connectivity index (χ1n) is 5.18. The Morgan fingerprint density at radius 1 is 1.11 bits per heavy atom. The van der Waals surface area contributed by atoms with Gasteiger partial charge in [-0.25, -0.2) is 4.79 Å². The number of carbonyl (C=O) groups is 2. The second-order valence-electron chi connectivity index (χ2n) is 4.61. The molecular formula is C12H13Cl2NO3. The number of hydrogen-bond acceptors (Lipinski definition) is 3. The van der Waals surface area contributed by atoms with E-state index in [1.165, 1.54) is 18.2 Å². The third kappa shape index (κ3) is 4.94. The standard InChI is InChI=1S/C12H13Cl2NO3/c1-12(2,3)18-11(17)15-10(16)7-4-8(13)6-9(14)5-7/h4-6H,1-3H3,(H,15,16,17). The Labute approximate surface area is 115 Å². The quantitative estimate of drug-likeness (QED) is 0.858. The Morgan fingerprint density at radius 2 is 1.61 bits per heavy atom. The molecular weight excluding hydrogens is 277 g/mol. The Hall–Kier alpha value is -1.26. The van der Waals surface area contributed by atoms with E-state index in [1.807, 2.05) is 0 Å². The van der Waals surface area contributed by atoms with Crippen molar-refractivity contribution in [2.75, 3.05) is 0 Å². The highest BCUT2D eigenvalue weighted by Gasteiger charge is 2.19. The largest absolute Gasteiger partial charge is 0.444 e. The fraction of sp³-hybridized carbons (Fsp3) is 0.333. The van der Waals surface area contributed by atoms with Crippen LogP contribution in [0, 0.1) is 0 Å². The highest BCUT2D eigenvalue weighted by Crippen LogP contribution is 2.19. The molecule has 0 heterocycles. The molecule has 0 aliphatic heterocycles. The van der Waals surface area contributed by atoms with Crippen LogP contribution < -0.4 is 5.32 Å². The first kappa shape index (κ1) is 14.8. The summed E-state index contributed by atoms with van der Waals surface area (Å²) in [7, 11) is 0. The molecule has 0 unspecified atom stereocenters. The smallest absolute Gasteiger partial charge is 0.414 e. The summed E-state index contributed by atoms with van der Waals surface area (Å²) in [6.07, 6.45) is -0.816. The number of ether oxygens (including phenoxy) is 1. The number of hydrogen-bond donors (Lipinski definition) is 1. The Balaban J connectivity index is 2.74. The van der Waals surface area contributed by atoms with Gasteiger partial charge in [-0.1, -0.05) is 23.2 Å². The predicted octanol–water partition coefficient (Wildman–Crippen LogP) is 3.66. The van der Waals surface area contributed by atoms with Crippen molar-refractivity contribution < 1.29 is 14.3 Å². The SMILES string of the molecule is CC(C)(C)OC(=O)NC(=O)c1cc(Cl)cc(Cl)c1. The van der Waals surface area contributed by atoms with Crippen LogP contribution in [0.3, 0.4) is 0 Å². The maximum absolute atomic E-state index is 11.7. The lowest BCUT2D eigenvalue weighted by atomic mass is 10.2. The van der Waals surface area contributed by atoms with Gasteiger partial charge in [0.2, 0.25) is 0 Å². The van der Waals surface area contributed by atoms with Crippen LogP contribution in [0.5, 0.6) is 0 Å². The molecule has 0 atom stereocenters. The van der Waals surface area contributed by atoms with Crippen LogP contribution in [0.4, 0.5) is 4.79 Å². The Morgan fingerprint density at radius 3 is 2.06 bits per heavy atom. The molecule has 2 amide bonds. The number of amides is 2. The van der Waals surface area contributed by atoms with Gasteiger partial charge in [0.1, 0.15) is 5.60 Å². The lowest BCUT2D eigenvalue weighted by Crippen LogP contribution is -2.36. The third-order valence-electron chi connectivity index (χ3n) is 1.74. The first-order chi connectivity index (χ1) is 8.17. The van der Waals surface area contributed by atoms with E-state index in [9.17, 15) is 9.59 Å². The molecule has 0 aliphatic carbocycles. The number of halogens is 2. The highest BCUT2D eigenvalue weighted by atomic mass is 35.5. The molecule has 0 aromatic heterocycles. The number of carbonyl (C=O) groups excluding carboxylic acids is 2. The van der Waals surface area contributed by atoms with Crippen molar-refractivity contribution in [1.29, 1.82) is 0 Å². The number of imide groups is 1. The van der Waals surface area contributed by atoms with Crippen LogP contribution in [0.1, 0.15) is 31.1 Å². The van der Waals surface area contributed by atoms with Crippen molar-refractivity contribution in [3.05, 3.63) is 33.8 Å². The van der Waals surface area contributed by atoms with Crippen molar-refractivity contribution in [3.8, 4) is 0 Å². The molecule has 1 rings (SSSR count). The predicted molar refractivity (Wildman–Crippen MR) is 70.2 cm³/mol. The summed E-state index contributed by atoms with van der Waals surface area (Å²) in [5.41, 5.74) is -0.477. The van der Waals surface area contributed by atoms with Gasteiger partial charge in [-0.3, -0.25) is 10.1 Å². The zero-order chi connectivity index (χ0) is 13.9. The molecule has 1 aromatic carbocycles. The minimum Gasteiger partial charge on any atom is -0.444 e. The Kier molecular flexibility index (Phi) is 4.59. The molecule has 0 aliphatic rings. The van der Waals surface area contributed by atoms with Gasteiger partial charge in [0.05, 0.1) is 0 Å². The molecule has 6 heteroatoms. The molecule has 0 fully saturated rings. The zero-order valence-corrected chi connectivity index (χ0v) is 11.7. The summed E-state index contributed by atoms with van der Waals surface area (Å²) in [4.78, 5) is 23.1. The normalized spacial score (nSPS) is 10.9. The summed E-state index contributed by atoms with van der Waals surface area (Å²) < 4.78 is 4.95. The van der Waals surface area contributed by atoms with Crippen LogP contribution in [0.2, 0.25) is 10.0 Å². The number of nitrogens with one attached hydrogen (secondary N) is 1. The molecule has 18 heavy (non-hydrogen) atoms. The summed E-state index contributed by atoms with van der Waals surface area (Å²) in [6.45, 7) is 5.11. The van der Waals surface area contributed by atoms with Gasteiger partial charge in [-0.2, -0.15) is 0 Å². The van der Waals surface area contributed by atoms with Crippen molar-refractivity contribution in [2.45, 2.75) is 26.4 Å². The minimum absolute atomic E-state index is 0.193. The van der Waals surface area contributed by atoms with E-state index in [0.29, 0.717) is 10.0 Å². The molecule has 0 saturated carbocycles. The van der Waals surface area contributed by atoms with Gasteiger partial charge in [0.25, 0.3) is 5.91 Å². The lowest BCUT2D eigenvalue weighted by molar-refractivity contribution is 0.0508. The van der Waals surface area contributed by atoms with E-state index in [1.54, 1.807) is 20.8 Å². The second kappa shape index (κ2) is 5.59. The zero-order valence-electron chi connectivity index (χ0n) is 10.2. The molecule has 0 bridgehead atoms. The van der Waals surface area contributed by atoms with Gasteiger partial charge < -0.3 is 4.74 Å². The van der Waals surface area contributed by atoms with Gasteiger partial charge in [0.15, 0.2) is 0 Å². The van der Waals surface area contributed by atoms with Gasteiger partial charge >= 0.3 is 6.09 Å². The van der Waals surface area contributed by atoms with Crippen LogP contribution in [0.15, 0.2) is 18.2 Å². The highest BCUT2D eigenvalue weighted by molar-refractivity contribution is 6.35. The van der Waals surface area contributed by atoms with E-state index in [-0.39, 0.29) is 5.56 Å². The van der Waals surface area contributed by atoms with Crippen molar-refractivity contribution in [3.63, 3.8) is 0 Å². The maximum Gasteiger partial charge on any atom is 0.414 e. The van der Waals surface area contributed by atoms with E-state index in [2.05, 4.69) is 5.32 Å². The van der Waals surface area contributed by atoms with Gasteiger partial charge in [-0.05, 0) is 39.0 Å². The van der Waals surface area contributed by atoms with Crippen LogP contribution >= 0.6 is 23.2 Å². The van der Waals surface area contributed by atoms with Crippen molar-refractivity contribution in [1.82, 2.24) is 5.32 Å². The fourth-order valence-corrected chi connectivity index (χ4v) is 1.68. The number of rotatable bonds is 1. The average molecular weight is 290 g/mol. The molecule has 1 N–H and O–H groups in total. The van der Waals surface area contributed by atoms with E-state index in [0.717, 1.165) is 0 Å². The van der Waals surface area contributed by atoms with Crippen molar-refractivity contribution in [2.24, 2.45) is 0 Å². The van der Waals surface area contributed by atoms with Crippen LogP contribution in [-0.2, 0) is 4.74 Å². The second-order valence-corrected chi connectivity index (χ2v) is 5.49. The third-order valence-corrected chi connectivity index (χ3v) is 2.18. The monoisotopic (exact) mass is 289 g/mol. The Bertz CT molecular complexity index is 460. The van der Waals surface area contributed by atoms with E-state index in [4.69, 9.17) is 27.9 Å². The summed E-state index contributed by atoms with van der Waals surface area (Å²) in [5.74, 6) is -0.617. The number of alkyl carbamates (subject to hydrolysis) is 1. The van der Waals surface area contributed by atoms with Crippen molar-refractivity contribution >= 4 is 35.2 Å².